The molecule has 1 aromatic heterocycles. The fourth-order valence-electron chi connectivity index (χ4n) is 1.57. The van der Waals surface area contributed by atoms with E-state index in [0.717, 1.165) is 11.1 Å². The lowest BCUT2D eigenvalue weighted by atomic mass is 10.1. The molecule has 18 heavy (non-hydrogen) atoms. The number of nitrogens with zero attached hydrogens (tertiary/aromatic N) is 2. The zero-order valence-electron chi connectivity index (χ0n) is 10.0. The van der Waals surface area contributed by atoms with Gasteiger partial charge in [0.2, 0.25) is 12.3 Å². The first-order valence-corrected chi connectivity index (χ1v) is 5.50. The zero-order chi connectivity index (χ0) is 13.1. The van der Waals surface area contributed by atoms with Gasteiger partial charge < -0.3 is 9.73 Å². The van der Waals surface area contributed by atoms with Crippen LogP contribution in [0.2, 0.25) is 0 Å². The van der Waals surface area contributed by atoms with E-state index in [-0.39, 0.29) is 0 Å². The van der Waals surface area contributed by atoms with Gasteiger partial charge in [0.05, 0.1) is 6.04 Å². The van der Waals surface area contributed by atoms with Crippen LogP contribution in [0.3, 0.4) is 0 Å². The van der Waals surface area contributed by atoms with Gasteiger partial charge in [-0.2, -0.15) is 0 Å². The highest BCUT2D eigenvalue weighted by Gasteiger charge is 2.15. The Balaban J connectivity index is 2.20. The molecule has 0 radical (unpaired) electrons. The van der Waals surface area contributed by atoms with Gasteiger partial charge in [0.1, 0.15) is 0 Å². The first kappa shape index (κ1) is 12.5. The summed E-state index contributed by atoms with van der Waals surface area (Å²) in [4.78, 5) is 0. The van der Waals surface area contributed by atoms with E-state index in [4.69, 9.17) is 4.42 Å². The molecule has 1 unspecified atom stereocenters. The smallest absolute Gasteiger partial charge is 0.258 e. The van der Waals surface area contributed by atoms with Crippen LogP contribution in [-0.4, -0.2) is 22.7 Å². The summed E-state index contributed by atoms with van der Waals surface area (Å²) in [5.74, 6) is 0.409. The Kier molecular flexibility index (Phi) is 3.55. The summed E-state index contributed by atoms with van der Waals surface area (Å²) in [6, 6.07) is 4.40. The number of anilines is 1. The molecule has 4 nitrogen and oxygen atoms in total. The summed E-state index contributed by atoms with van der Waals surface area (Å²) in [5, 5.41) is 10.1. The Hall–Kier alpha value is -1.98. The van der Waals surface area contributed by atoms with Crippen LogP contribution in [0.1, 0.15) is 12.5 Å². The summed E-state index contributed by atoms with van der Waals surface area (Å²) in [6.07, 6.45) is -1.16. The van der Waals surface area contributed by atoms with Crippen molar-refractivity contribution in [3.8, 4) is 11.5 Å². The number of rotatable bonds is 4. The number of aromatic nitrogens is 2. The molecule has 0 saturated heterocycles. The standard InChI is InChI=1S/C12H13F2N3O/c1-7-5-9(12-17-15-6-18-12)3-4-10(7)16-8(2)11(13)14/h3-6,8,11,16H,1-2H3. The second-order valence-electron chi connectivity index (χ2n) is 4.04. The van der Waals surface area contributed by atoms with Gasteiger partial charge in [-0.15, -0.1) is 10.2 Å². The highest BCUT2D eigenvalue weighted by Crippen LogP contribution is 2.24. The van der Waals surface area contributed by atoms with Crippen molar-refractivity contribution in [1.29, 1.82) is 0 Å². The quantitative estimate of drug-likeness (QED) is 0.909. The van der Waals surface area contributed by atoms with Crippen LogP contribution in [0.4, 0.5) is 14.5 Å². The Morgan fingerprint density at radius 1 is 1.33 bits per heavy atom. The zero-order valence-corrected chi connectivity index (χ0v) is 10.0. The van der Waals surface area contributed by atoms with Gasteiger partial charge in [0, 0.05) is 11.3 Å². The fourth-order valence-corrected chi connectivity index (χ4v) is 1.57. The molecule has 2 aromatic rings. The van der Waals surface area contributed by atoms with Crippen molar-refractivity contribution in [2.75, 3.05) is 5.32 Å². The van der Waals surface area contributed by atoms with Gasteiger partial charge in [0.15, 0.2) is 0 Å². The van der Waals surface area contributed by atoms with Crippen molar-refractivity contribution in [1.82, 2.24) is 10.2 Å². The molecule has 6 heteroatoms. The van der Waals surface area contributed by atoms with Gasteiger partial charge >= 0.3 is 0 Å². The Morgan fingerprint density at radius 2 is 2.11 bits per heavy atom. The van der Waals surface area contributed by atoms with Gasteiger partial charge in [-0.25, -0.2) is 8.78 Å². The Labute approximate surface area is 103 Å². The molecule has 0 fully saturated rings. The Morgan fingerprint density at radius 3 is 2.67 bits per heavy atom. The largest absolute Gasteiger partial charge is 0.423 e. The molecular weight excluding hydrogens is 240 g/mol. The third kappa shape index (κ3) is 2.64. The van der Waals surface area contributed by atoms with Crippen molar-refractivity contribution >= 4 is 5.69 Å². The van der Waals surface area contributed by atoms with E-state index in [1.54, 1.807) is 12.1 Å². The summed E-state index contributed by atoms with van der Waals surface area (Å²) in [7, 11) is 0. The van der Waals surface area contributed by atoms with E-state index in [0.29, 0.717) is 11.6 Å². The van der Waals surface area contributed by atoms with E-state index in [2.05, 4.69) is 15.5 Å². The molecule has 1 atom stereocenters. The number of halogens is 2. The van der Waals surface area contributed by atoms with E-state index < -0.39 is 12.5 Å². The van der Waals surface area contributed by atoms with E-state index in [1.165, 1.54) is 13.3 Å². The summed E-state index contributed by atoms with van der Waals surface area (Å²) >= 11 is 0. The maximum Gasteiger partial charge on any atom is 0.258 e. The monoisotopic (exact) mass is 253 g/mol. The lowest BCUT2D eigenvalue weighted by molar-refractivity contribution is 0.130. The molecule has 0 amide bonds. The summed E-state index contributed by atoms with van der Waals surface area (Å²) in [5.41, 5.74) is 2.28. The summed E-state index contributed by atoms with van der Waals surface area (Å²) in [6.45, 7) is 3.27. The van der Waals surface area contributed by atoms with Gasteiger partial charge in [-0.05, 0) is 37.6 Å². The minimum absolute atomic E-state index is 0.409. The number of aryl methyl sites for hydroxylation is 1. The second-order valence-corrected chi connectivity index (χ2v) is 4.04. The summed E-state index contributed by atoms with van der Waals surface area (Å²) < 4.78 is 30.0. The van der Waals surface area contributed by atoms with Crippen molar-refractivity contribution in [2.24, 2.45) is 0 Å². The van der Waals surface area contributed by atoms with Gasteiger partial charge in [0.25, 0.3) is 6.43 Å². The van der Waals surface area contributed by atoms with E-state index in [9.17, 15) is 8.78 Å². The van der Waals surface area contributed by atoms with Crippen LogP contribution in [0, 0.1) is 6.92 Å². The molecule has 1 N–H and O–H groups in total. The second kappa shape index (κ2) is 5.12. The highest BCUT2D eigenvalue weighted by atomic mass is 19.3. The molecule has 96 valence electrons. The van der Waals surface area contributed by atoms with Crippen LogP contribution < -0.4 is 5.32 Å². The van der Waals surface area contributed by atoms with Crippen LogP contribution in [0.15, 0.2) is 29.0 Å². The van der Waals surface area contributed by atoms with Crippen LogP contribution >= 0.6 is 0 Å². The number of nitrogens with one attached hydrogen (secondary N) is 1. The van der Waals surface area contributed by atoms with Gasteiger partial charge in [-0.3, -0.25) is 0 Å². The first-order valence-electron chi connectivity index (χ1n) is 5.50. The maximum absolute atomic E-state index is 12.5. The number of hydrogen-bond donors (Lipinski definition) is 1. The molecule has 0 saturated carbocycles. The molecule has 0 bridgehead atoms. The molecule has 0 spiro atoms. The van der Waals surface area contributed by atoms with E-state index in [1.807, 2.05) is 13.0 Å². The SMILES string of the molecule is Cc1cc(-c2nnco2)ccc1NC(C)C(F)F. The minimum atomic E-state index is -2.40. The van der Waals surface area contributed by atoms with Crippen molar-refractivity contribution in [3.63, 3.8) is 0 Å². The third-order valence-electron chi connectivity index (χ3n) is 2.59. The molecule has 0 aliphatic rings. The number of benzene rings is 1. The average Bonchev–Trinajstić information content (AvgIpc) is 2.85. The number of alkyl halides is 2. The fraction of sp³-hybridized carbons (Fsp3) is 0.333. The molecule has 2 rings (SSSR count). The topological polar surface area (TPSA) is 51.0 Å². The number of hydrogen-bond acceptors (Lipinski definition) is 4. The molecule has 1 heterocycles. The predicted octanol–water partition coefficient (Wildman–Crippen LogP) is 3.11. The van der Waals surface area contributed by atoms with Crippen LogP contribution in [0.5, 0.6) is 0 Å². The third-order valence-corrected chi connectivity index (χ3v) is 2.59. The van der Waals surface area contributed by atoms with Crippen molar-refractivity contribution < 1.29 is 13.2 Å². The first-order chi connectivity index (χ1) is 8.58. The molecule has 0 aliphatic carbocycles. The highest BCUT2D eigenvalue weighted by molar-refractivity contribution is 5.62. The van der Waals surface area contributed by atoms with Crippen LogP contribution in [-0.2, 0) is 0 Å². The Bertz CT molecular complexity index is 514. The maximum atomic E-state index is 12.5. The average molecular weight is 253 g/mol. The minimum Gasteiger partial charge on any atom is -0.423 e. The van der Waals surface area contributed by atoms with Crippen molar-refractivity contribution in [2.45, 2.75) is 26.3 Å². The predicted molar refractivity (Wildman–Crippen MR) is 63.6 cm³/mol. The van der Waals surface area contributed by atoms with Crippen molar-refractivity contribution in [3.05, 3.63) is 30.2 Å². The van der Waals surface area contributed by atoms with E-state index >= 15 is 0 Å². The van der Waals surface area contributed by atoms with Gasteiger partial charge in [-0.1, -0.05) is 0 Å². The lowest BCUT2D eigenvalue weighted by Gasteiger charge is -2.16. The molecule has 1 aromatic carbocycles. The normalized spacial score (nSPS) is 12.7. The lowest BCUT2D eigenvalue weighted by Crippen LogP contribution is -2.24. The van der Waals surface area contributed by atoms with Crippen LogP contribution in [0.25, 0.3) is 11.5 Å². The molecule has 0 aliphatic heterocycles. The molecular formula is C12H13F2N3O.